The molecule has 2 aliphatic rings. The lowest BCUT2D eigenvalue weighted by Crippen LogP contribution is -2.40. The van der Waals surface area contributed by atoms with Gasteiger partial charge in [0.05, 0.1) is 35.4 Å². The molecule has 3 heterocycles. The third-order valence-corrected chi connectivity index (χ3v) is 9.65. The molecule has 2 aliphatic heterocycles. The van der Waals surface area contributed by atoms with E-state index in [0.717, 1.165) is 37.4 Å². The summed E-state index contributed by atoms with van der Waals surface area (Å²) in [5.41, 5.74) is 0.563. The van der Waals surface area contributed by atoms with Crippen LogP contribution in [0.5, 0.6) is 0 Å². The molecular formula is C30H33F4N5O4S. The fraction of sp³-hybridized carbons (Fsp3) is 0.433. The highest BCUT2D eigenvalue weighted by molar-refractivity contribution is 7.89. The molecule has 1 N–H and O–H groups in total. The third-order valence-electron chi connectivity index (χ3n) is 7.73. The Morgan fingerprint density at radius 3 is 2.39 bits per heavy atom. The third kappa shape index (κ3) is 7.78. The smallest absolute Gasteiger partial charge is 0.379 e. The van der Waals surface area contributed by atoms with Crippen molar-refractivity contribution in [3.8, 4) is 11.3 Å². The minimum atomic E-state index is -4.47. The number of carbonyl (C=O) groups excluding carboxylic acids is 1. The highest BCUT2D eigenvalue weighted by Gasteiger charge is 2.39. The Balaban J connectivity index is 1.31. The Hall–Kier alpha value is -3.46. The molecule has 0 unspecified atom stereocenters. The number of anilines is 1. The first-order chi connectivity index (χ1) is 21.0. The maximum absolute atomic E-state index is 13.4. The summed E-state index contributed by atoms with van der Waals surface area (Å²) < 4.78 is 85.7. The molecule has 5 rings (SSSR count). The van der Waals surface area contributed by atoms with Crippen LogP contribution < -0.4 is 5.32 Å². The molecule has 9 nitrogen and oxygen atoms in total. The molecule has 44 heavy (non-hydrogen) atoms. The van der Waals surface area contributed by atoms with Gasteiger partial charge in [0.15, 0.2) is 5.78 Å². The van der Waals surface area contributed by atoms with Gasteiger partial charge in [0, 0.05) is 50.4 Å². The Labute approximate surface area is 253 Å². The van der Waals surface area contributed by atoms with Crippen molar-refractivity contribution >= 4 is 21.8 Å². The number of morpholine rings is 1. The van der Waals surface area contributed by atoms with E-state index in [2.05, 4.69) is 20.2 Å². The Kier molecular flexibility index (Phi) is 9.93. The molecule has 0 bridgehead atoms. The summed E-state index contributed by atoms with van der Waals surface area (Å²) in [7, 11) is -4.00. The van der Waals surface area contributed by atoms with Crippen molar-refractivity contribution in [3.05, 3.63) is 71.7 Å². The number of aromatic nitrogens is 2. The lowest BCUT2D eigenvalue weighted by Gasteiger charge is -2.26. The van der Waals surface area contributed by atoms with Crippen molar-refractivity contribution in [1.29, 1.82) is 0 Å². The second-order valence-electron chi connectivity index (χ2n) is 10.7. The standard InChI is InChI=1S/C30H33F4N5O4S/c31-23-7-10-25(11-8-23)44(41,42)39-14-1-2-27(39)28(40)12-9-24-20-26(21-3-5-22(6-4-21)30(32,33)34)37-29(36-24)35-13-15-38-16-18-43-19-17-38/h3-8,10-11,20,27H,1-2,9,12-19H2,(H,35,36,37)/t27-/m0/s1. The van der Waals surface area contributed by atoms with Crippen molar-refractivity contribution < 1.29 is 35.5 Å². The second-order valence-corrected chi connectivity index (χ2v) is 12.6. The van der Waals surface area contributed by atoms with Gasteiger partial charge in [0.25, 0.3) is 0 Å². The van der Waals surface area contributed by atoms with Gasteiger partial charge in [-0.1, -0.05) is 12.1 Å². The number of Topliss-reactive ketones (excluding diaryl/α,β-unsaturated/α-hetero) is 1. The minimum absolute atomic E-state index is 0.00319. The molecular weight excluding hydrogens is 602 g/mol. The van der Waals surface area contributed by atoms with E-state index in [1.54, 1.807) is 6.07 Å². The maximum atomic E-state index is 13.4. The van der Waals surface area contributed by atoms with E-state index in [0.29, 0.717) is 56.1 Å². The molecule has 2 aromatic carbocycles. The molecule has 0 saturated carbocycles. The average molecular weight is 636 g/mol. The summed E-state index contributed by atoms with van der Waals surface area (Å²) in [6, 6.07) is 9.93. The zero-order chi connectivity index (χ0) is 31.3. The van der Waals surface area contributed by atoms with Crippen LogP contribution in [0.2, 0.25) is 0 Å². The number of halogens is 4. The molecule has 2 saturated heterocycles. The molecule has 0 radical (unpaired) electrons. The fourth-order valence-electron chi connectivity index (χ4n) is 5.34. The summed E-state index contributed by atoms with van der Waals surface area (Å²) in [5, 5.41) is 3.19. The summed E-state index contributed by atoms with van der Waals surface area (Å²) in [5.74, 6) is -0.558. The van der Waals surface area contributed by atoms with E-state index < -0.39 is 33.6 Å². The number of benzene rings is 2. The molecule has 14 heteroatoms. The van der Waals surface area contributed by atoms with Crippen LogP contribution in [-0.4, -0.2) is 85.4 Å². The lowest BCUT2D eigenvalue weighted by atomic mass is 10.0. The first-order valence-corrected chi connectivity index (χ1v) is 15.8. The number of nitrogens with zero attached hydrogens (tertiary/aromatic N) is 4. The van der Waals surface area contributed by atoms with E-state index in [1.807, 2.05) is 0 Å². The largest absolute Gasteiger partial charge is 0.416 e. The summed E-state index contributed by atoms with van der Waals surface area (Å²) in [6.07, 6.45) is -3.42. The normalized spacial score (nSPS) is 18.4. The fourth-order valence-corrected chi connectivity index (χ4v) is 7.02. The number of carbonyl (C=O) groups is 1. The van der Waals surface area contributed by atoms with Crippen molar-refractivity contribution in [2.45, 2.75) is 42.8 Å². The molecule has 0 spiro atoms. The molecule has 1 aromatic heterocycles. The van der Waals surface area contributed by atoms with Gasteiger partial charge in [0.1, 0.15) is 5.82 Å². The van der Waals surface area contributed by atoms with Gasteiger partial charge < -0.3 is 10.1 Å². The summed E-state index contributed by atoms with van der Waals surface area (Å²) in [4.78, 5) is 24.6. The first kappa shape index (κ1) is 31.9. The number of hydrogen-bond acceptors (Lipinski definition) is 8. The SMILES string of the molecule is O=C(CCc1cc(-c2ccc(C(F)(F)F)cc2)nc(NCCN2CCOCC2)n1)[C@@H]1CCCN1S(=O)(=O)c1ccc(F)cc1. The zero-order valence-electron chi connectivity index (χ0n) is 23.9. The highest BCUT2D eigenvalue weighted by atomic mass is 32.2. The minimum Gasteiger partial charge on any atom is -0.379 e. The molecule has 0 aliphatic carbocycles. The monoisotopic (exact) mass is 635 g/mol. The van der Waals surface area contributed by atoms with E-state index in [1.165, 1.54) is 28.6 Å². The van der Waals surface area contributed by atoms with E-state index in [-0.39, 0.29) is 36.0 Å². The van der Waals surface area contributed by atoms with E-state index in [4.69, 9.17) is 4.74 Å². The summed E-state index contributed by atoms with van der Waals surface area (Å²) in [6.45, 7) is 4.33. The van der Waals surface area contributed by atoms with Crippen molar-refractivity contribution in [2.24, 2.45) is 0 Å². The number of ketones is 1. The van der Waals surface area contributed by atoms with Gasteiger partial charge in [-0.15, -0.1) is 0 Å². The Morgan fingerprint density at radius 2 is 1.70 bits per heavy atom. The Bertz CT molecular complexity index is 1550. The predicted octanol–water partition coefficient (Wildman–Crippen LogP) is 4.40. The lowest BCUT2D eigenvalue weighted by molar-refractivity contribution is -0.137. The second kappa shape index (κ2) is 13.7. The van der Waals surface area contributed by atoms with Crippen LogP contribution in [0, 0.1) is 5.82 Å². The molecule has 1 atom stereocenters. The van der Waals surface area contributed by atoms with Crippen LogP contribution in [-0.2, 0) is 32.2 Å². The quantitative estimate of drug-likeness (QED) is 0.310. The van der Waals surface area contributed by atoms with E-state index >= 15 is 0 Å². The van der Waals surface area contributed by atoms with Crippen LogP contribution in [0.3, 0.4) is 0 Å². The maximum Gasteiger partial charge on any atom is 0.416 e. The number of alkyl halides is 3. The highest BCUT2D eigenvalue weighted by Crippen LogP contribution is 2.31. The van der Waals surface area contributed by atoms with Crippen LogP contribution in [0.25, 0.3) is 11.3 Å². The number of rotatable bonds is 11. The van der Waals surface area contributed by atoms with Gasteiger partial charge in [-0.3, -0.25) is 9.69 Å². The molecule has 3 aromatic rings. The number of sulfonamides is 1. The zero-order valence-corrected chi connectivity index (χ0v) is 24.7. The van der Waals surface area contributed by atoms with Gasteiger partial charge in [-0.25, -0.2) is 22.8 Å². The Morgan fingerprint density at radius 1 is 1.00 bits per heavy atom. The number of ether oxygens (including phenoxy) is 1. The van der Waals surface area contributed by atoms with Crippen molar-refractivity contribution in [1.82, 2.24) is 19.2 Å². The molecule has 2 fully saturated rings. The number of hydrogen-bond donors (Lipinski definition) is 1. The number of aryl methyl sites for hydroxylation is 1. The molecule has 236 valence electrons. The van der Waals surface area contributed by atoms with Crippen LogP contribution in [0.15, 0.2) is 59.5 Å². The van der Waals surface area contributed by atoms with Gasteiger partial charge in [-0.2, -0.15) is 17.5 Å². The summed E-state index contributed by atoms with van der Waals surface area (Å²) >= 11 is 0. The van der Waals surface area contributed by atoms with Crippen molar-refractivity contribution in [2.75, 3.05) is 51.3 Å². The van der Waals surface area contributed by atoms with Crippen LogP contribution >= 0.6 is 0 Å². The van der Waals surface area contributed by atoms with Crippen LogP contribution in [0.4, 0.5) is 23.5 Å². The topological polar surface area (TPSA) is 105 Å². The van der Waals surface area contributed by atoms with Gasteiger partial charge >= 0.3 is 6.18 Å². The van der Waals surface area contributed by atoms with Crippen LogP contribution in [0.1, 0.15) is 30.5 Å². The van der Waals surface area contributed by atoms with Gasteiger partial charge in [0.2, 0.25) is 16.0 Å². The predicted molar refractivity (Wildman–Crippen MR) is 155 cm³/mol. The molecule has 0 amide bonds. The first-order valence-electron chi connectivity index (χ1n) is 14.4. The van der Waals surface area contributed by atoms with E-state index in [9.17, 15) is 30.8 Å². The average Bonchev–Trinajstić information content (AvgIpc) is 3.52. The van der Waals surface area contributed by atoms with Gasteiger partial charge in [-0.05, 0) is 61.7 Å². The van der Waals surface area contributed by atoms with Crippen molar-refractivity contribution in [3.63, 3.8) is 0 Å². The number of nitrogens with one attached hydrogen (secondary N) is 1.